The van der Waals surface area contributed by atoms with E-state index in [2.05, 4.69) is 17.4 Å². The summed E-state index contributed by atoms with van der Waals surface area (Å²) < 4.78 is 5.32. The third-order valence-electron chi connectivity index (χ3n) is 5.18. The highest BCUT2D eigenvalue weighted by atomic mass is 16.5. The maximum Gasteiger partial charge on any atom is 0.222 e. The smallest absolute Gasteiger partial charge is 0.222 e. The molecule has 1 aromatic carbocycles. The molecule has 2 amide bonds. The van der Waals surface area contributed by atoms with Crippen LogP contribution in [0.3, 0.4) is 0 Å². The largest absolute Gasteiger partial charge is 0.381 e. The Morgan fingerprint density at radius 2 is 1.88 bits per heavy atom. The fraction of sp³-hybridized carbons (Fsp3) is 0.600. The van der Waals surface area contributed by atoms with Gasteiger partial charge < -0.3 is 15.0 Å². The first-order valence-corrected chi connectivity index (χ1v) is 9.39. The predicted molar refractivity (Wildman–Crippen MR) is 96.1 cm³/mol. The average molecular weight is 344 g/mol. The van der Waals surface area contributed by atoms with Crippen molar-refractivity contribution in [1.29, 1.82) is 0 Å². The standard InChI is InChI=1S/C20H28N2O3/c23-19(14-17-10-13-25-15-17)21-18-8-11-22(12-9-18)20(24)7-6-16-4-2-1-3-5-16/h1-5,17-18H,6-15H2,(H,21,23). The van der Waals surface area contributed by atoms with Gasteiger partial charge in [0.15, 0.2) is 0 Å². The first kappa shape index (κ1) is 17.9. The topological polar surface area (TPSA) is 58.6 Å². The lowest BCUT2D eigenvalue weighted by Crippen LogP contribution is -2.46. The molecule has 2 fully saturated rings. The van der Waals surface area contributed by atoms with Crippen LogP contribution in [0.1, 0.15) is 37.7 Å². The summed E-state index contributed by atoms with van der Waals surface area (Å²) in [5.41, 5.74) is 1.20. The van der Waals surface area contributed by atoms with Crippen molar-refractivity contribution < 1.29 is 14.3 Å². The summed E-state index contributed by atoms with van der Waals surface area (Å²) in [5.74, 6) is 0.723. The van der Waals surface area contributed by atoms with Crippen LogP contribution in [0, 0.1) is 5.92 Å². The minimum absolute atomic E-state index is 0.129. The van der Waals surface area contributed by atoms with Gasteiger partial charge in [0.25, 0.3) is 0 Å². The third kappa shape index (κ3) is 5.56. The quantitative estimate of drug-likeness (QED) is 0.860. The van der Waals surface area contributed by atoms with Gasteiger partial charge in [0.1, 0.15) is 0 Å². The highest BCUT2D eigenvalue weighted by Crippen LogP contribution is 2.17. The molecule has 0 bridgehead atoms. The zero-order chi connectivity index (χ0) is 17.5. The van der Waals surface area contributed by atoms with Gasteiger partial charge in [-0.05, 0) is 37.2 Å². The summed E-state index contributed by atoms with van der Waals surface area (Å²) in [4.78, 5) is 26.4. The van der Waals surface area contributed by atoms with Crippen LogP contribution < -0.4 is 5.32 Å². The summed E-state index contributed by atoms with van der Waals surface area (Å²) in [6.45, 7) is 2.97. The molecule has 1 aromatic rings. The van der Waals surface area contributed by atoms with E-state index >= 15 is 0 Å². The Morgan fingerprint density at radius 1 is 1.12 bits per heavy atom. The molecular formula is C20H28N2O3. The Balaban J connectivity index is 1.34. The molecule has 0 aliphatic carbocycles. The zero-order valence-corrected chi connectivity index (χ0v) is 14.8. The normalized spacial score (nSPS) is 21.3. The highest BCUT2D eigenvalue weighted by molar-refractivity contribution is 5.77. The van der Waals surface area contributed by atoms with E-state index < -0.39 is 0 Å². The molecule has 0 spiro atoms. The minimum Gasteiger partial charge on any atom is -0.381 e. The van der Waals surface area contributed by atoms with Gasteiger partial charge in [-0.2, -0.15) is 0 Å². The van der Waals surface area contributed by atoms with Crippen molar-refractivity contribution >= 4 is 11.8 Å². The molecule has 2 aliphatic heterocycles. The van der Waals surface area contributed by atoms with Crippen LogP contribution in [0.5, 0.6) is 0 Å². The molecule has 1 N–H and O–H groups in total. The molecule has 0 aromatic heterocycles. The van der Waals surface area contributed by atoms with Crippen LogP contribution in [0.15, 0.2) is 30.3 Å². The fourth-order valence-corrected chi connectivity index (χ4v) is 3.62. The zero-order valence-electron chi connectivity index (χ0n) is 14.8. The van der Waals surface area contributed by atoms with Gasteiger partial charge in [0.05, 0.1) is 0 Å². The Labute approximate surface area is 149 Å². The maximum absolute atomic E-state index is 12.4. The second kappa shape index (κ2) is 8.99. The molecule has 3 rings (SSSR count). The summed E-state index contributed by atoms with van der Waals surface area (Å²) in [5, 5.41) is 3.13. The second-order valence-electron chi connectivity index (χ2n) is 7.14. The molecule has 136 valence electrons. The number of likely N-dealkylation sites (tertiary alicyclic amines) is 1. The fourth-order valence-electron chi connectivity index (χ4n) is 3.62. The van der Waals surface area contributed by atoms with Crippen LogP contribution in [-0.2, 0) is 20.7 Å². The molecule has 1 atom stereocenters. The van der Waals surface area contributed by atoms with Crippen LogP contribution in [0.25, 0.3) is 0 Å². The van der Waals surface area contributed by atoms with Crippen molar-refractivity contribution in [2.45, 2.75) is 44.6 Å². The van der Waals surface area contributed by atoms with E-state index in [0.717, 1.165) is 45.4 Å². The first-order chi connectivity index (χ1) is 12.2. The Hall–Kier alpha value is -1.88. The molecule has 25 heavy (non-hydrogen) atoms. The second-order valence-corrected chi connectivity index (χ2v) is 7.14. The number of benzene rings is 1. The van der Waals surface area contributed by atoms with Crippen LogP contribution in [-0.4, -0.2) is 49.1 Å². The van der Waals surface area contributed by atoms with Crippen LogP contribution in [0.4, 0.5) is 0 Å². The van der Waals surface area contributed by atoms with E-state index in [0.29, 0.717) is 25.4 Å². The van der Waals surface area contributed by atoms with Gasteiger partial charge >= 0.3 is 0 Å². The number of piperidine rings is 1. The molecular weight excluding hydrogens is 316 g/mol. The lowest BCUT2D eigenvalue weighted by Gasteiger charge is -2.32. The van der Waals surface area contributed by atoms with Gasteiger partial charge in [0.2, 0.25) is 11.8 Å². The van der Waals surface area contributed by atoms with E-state index in [4.69, 9.17) is 4.74 Å². The Morgan fingerprint density at radius 3 is 2.56 bits per heavy atom. The molecule has 2 aliphatic rings. The predicted octanol–water partition coefficient (Wildman–Crippen LogP) is 2.15. The van der Waals surface area contributed by atoms with Crippen LogP contribution >= 0.6 is 0 Å². The molecule has 0 radical (unpaired) electrons. The summed E-state index contributed by atoms with van der Waals surface area (Å²) >= 11 is 0. The van der Waals surface area contributed by atoms with Gasteiger partial charge in [-0.1, -0.05) is 30.3 Å². The van der Waals surface area contributed by atoms with Crippen LogP contribution in [0.2, 0.25) is 0 Å². The van der Waals surface area contributed by atoms with Crippen molar-refractivity contribution in [2.24, 2.45) is 5.92 Å². The number of aryl methyl sites for hydroxylation is 1. The van der Waals surface area contributed by atoms with Gasteiger partial charge in [-0.15, -0.1) is 0 Å². The monoisotopic (exact) mass is 344 g/mol. The summed E-state index contributed by atoms with van der Waals surface area (Å²) in [7, 11) is 0. The number of hydrogen-bond donors (Lipinski definition) is 1. The number of rotatable bonds is 6. The third-order valence-corrected chi connectivity index (χ3v) is 5.18. The summed E-state index contributed by atoms with van der Waals surface area (Å²) in [6.07, 6.45) is 4.61. The number of nitrogens with zero attached hydrogens (tertiary/aromatic N) is 1. The van der Waals surface area contributed by atoms with Crippen molar-refractivity contribution in [3.8, 4) is 0 Å². The SMILES string of the molecule is O=C(CC1CCOC1)NC1CCN(C(=O)CCc2ccccc2)CC1. The van der Waals surface area contributed by atoms with Crippen molar-refractivity contribution in [3.63, 3.8) is 0 Å². The number of ether oxygens (including phenoxy) is 1. The van der Waals surface area contributed by atoms with E-state index in [-0.39, 0.29) is 17.9 Å². The Kier molecular flexibility index (Phi) is 6.45. The van der Waals surface area contributed by atoms with Gasteiger partial charge in [-0.25, -0.2) is 0 Å². The number of carbonyl (C=O) groups excluding carboxylic acids is 2. The Bertz CT molecular complexity index is 562. The minimum atomic E-state index is 0.129. The molecule has 0 saturated carbocycles. The van der Waals surface area contributed by atoms with E-state index in [9.17, 15) is 9.59 Å². The maximum atomic E-state index is 12.4. The number of hydrogen-bond acceptors (Lipinski definition) is 3. The average Bonchev–Trinajstić information content (AvgIpc) is 3.14. The molecule has 2 saturated heterocycles. The highest BCUT2D eigenvalue weighted by Gasteiger charge is 2.25. The lowest BCUT2D eigenvalue weighted by atomic mass is 10.0. The molecule has 2 heterocycles. The molecule has 5 nitrogen and oxygen atoms in total. The number of nitrogens with one attached hydrogen (secondary N) is 1. The first-order valence-electron chi connectivity index (χ1n) is 9.39. The van der Waals surface area contributed by atoms with Crippen molar-refractivity contribution in [3.05, 3.63) is 35.9 Å². The van der Waals surface area contributed by atoms with E-state index in [1.807, 2.05) is 23.1 Å². The van der Waals surface area contributed by atoms with Crippen molar-refractivity contribution in [1.82, 2.24) is 10.2 Å². The number of amides is 2. The number of carbonyl (C=O) groups is 2. The van der Waals surface area contributed by atoms with Gasteiger partial charge in [0, 0.05) is 45.2 Å². The van der Waals surface area contributed by atoms with E-state index in [1.165, 1.54) is 5.56 Å². The summed E-state index contributed by atoms with van der Waals surface area (Å²) in [6, 6.07) is 10.3. The van der Waals surface area contributed by atoms with Gasteiger partial charge in [-0.3, -0.25) is 9.59 Å². The molecule has 1 unspecified atom stereocenters. The van der Waals surface area contributed by atoms with Crippen molar-refractivity contribution in [2.75, 3.05) is 26.3 Å². The lowest BCUT2D eigenvalue weighted by molar-refractivity contribution is -0.132. The molecule has 5 heteroatoms. The van der Waals surface area contributed by atoms with E-state index in [1.54, 1.807) is 0 Å².